The molecular formula is C13H20N2O3S. The highest BCUT2D eigenvalue weighted by Crippen LogP contribution is 2.30. The van der Waals surface area contributed by atoms with Crippen molar-refractivity contribution in [3.63, 3.8) is 0 Å². The molecule has 0 aromatic carbocycles. The smallest absolute Gasteiger partial charge is 0.230 e. The first-order chi connectivity index (χ1) is 8.88. The standard InChI is InChI=1S/C13H20N2O3S/c1-3-7-15(11-4-8-19(17,18)9-11)12(16)13(2)5-6-14-10-13/h1,11,14H,4-10H2,2H3. The average Bonchev–Trinajstić information content (AvgIpc) is 2.92. The summed E-state index contributed by atoms with van der Waals surface area (Å²) in [5.74, 6) is 2.67. The molecule has 0 bridgehead atoms. The van der Waals surface area contributed by atoms with Gasteiger partial charge in [0, 0.05) is 12.6 Å². The maximum atomic E-state index is 12.7. The Morgan fingerprint density at radius 1 is 1.58 bits per heavy atom. The molecule has 5 nitrogen and oxygen atoms in total. The van der Waals surface area contributed by atoms with Crippen molar-refractivity contribution < 1.29 is 13.2 Å². The van der Waals surface area contributed by atoms with Gasteiger partial charge in [0.2, 0.25) is 5.91 Å². The predicted octanol–water partition coefficient (Wildman–Crippen LogP) is -0.365. The second-order valence-electron chi connectivity index (χ2n) is 5.68. The lowest BCUT2D eigenvalue weighted by atomic mass is 9.87. The fraction of sp³-hybridized carbons (Fsp3) is 0.769. The molecule has 106 valence electrons. The zero-order chi connectivity index (χ0) is 14.1. The van der Waals surface area contributed by atoms with Gasteiger partial charge in [0.05, 0.1) is 23.5 Å². The van der Waals surface area contributed by atoms with Gasteiger partial charge in [0.1, 0.15) is 0 Å². The number of carbonyl (C=O) groups excluding carboxylic acids is 1. The number of nitrogens with one attached hydrogen (secondary N) is 1. The summed E-state index contributed by atoms with van der Waals surface area (Å²) in [6, 6.07) is -0.258. The van der Waals surface area contributed by atoms with Crippen molar-refractivity contribution in [2.75, 3.05) is 31.1 Å². The van der Waals surface area contributed by atoms with Crippen molar-refractivity contribution in [2.24, 2.45) is 5.41 Å². The van der Waals surface area contributed by atoms with E-state index in [-0.39, 0.29) is 30.0 Å². The molecule has 0 aromatic heterocycles. The van der Waals surface area contributed by atoms with E-state index in [4.69, 9.17) is 6.42 Å². The van der Waals surface area contributed by atoms with Gasteiger partial charge in [-0.25, -0.2) is 8.42 Å². The van der Waals surface area contributed by atoms with Gasteiger partial charge in [-0.3, -0.25) is 4.79 Å². The Labute approximate surface area is 114 Å². The van der Waals surface area contributed by atoms with Crippen LogP contribution in [0.5, 0.6) is 0 Å². The molecule has 1 N–H and O–H groups in total. The number of carbonyl (C=O) groups is 1. The second-order valence-corrected chi connectivity index (χ2v) is 7.91. The van der Waals surface area contributed by atoms with Crippen LogP contribution < -0.4 is 5.32 Å². The molecule has 0 aromatic rings. The minimum absolute atomic E-state index is 0.0162. The Balaban J connectivity index is 2.17. The van der Waals surface area contributed by atoms with Crippen molar-refractivity contribution in [3.05, 3.63) is 0 Å². The molecular weight excluding hydrogens is 264 g/mol. The predicted molar refractivity (Wildman–Crippen MR) is 73.2 cm³/mol. The Kier molecular flexibility index (Phi) is 3.88. The van der Waals surface area contributed by atoms with Crippen molar-refractivity contribution in [1.29, 1.82) is 0 Å². The zero-order valence-corrected chi connectivity index (χ0v) is 12.0. The fourth-order valence-electron chi connectivity index (χ4n) is 2.83. The molecule has 2 aliphatic heterocycles. The van der Waals surface area contributed by atoms with Gasteiger partial charge in [-0.15, -0.1) is 6.42 Å². The minimum atomic E-state index is -3.01. The number of terminal acetylenes is 1. The van der Waals surface area contributed by atoms with Crippen LogP contribution in [0.2, 0.25) is 0 Å². The van der Waals surface area contributed by atoms with Crippen molar-refractivity contribution >= 4 is 15.7 Å². The van der Waals surface area contributed by atoms with Gasteiger partial charge in [-0.05, 0) is 26.3 Å². The lowest BCUT2D eigenvalue weighted by Gasteiger charge is -2.33. The third-order valence-corrected chi connectivity index (χ3v) is 5.81. The van der Waals surface area contributed by atoms with Crippen molar-refractivity contribution in [2.45, 2.75) is 25.8 Å². The number of hydrogen-bond donors (Lipinski definition) is 1. The molecule has 2 heterocycles. The van der Waals surface area contributed by atoms with E-state index in [1.54, 1.807) is 4.90 Å². The van der Waals surface area contributed by atoms with E-state index in [0.717, 1.165) is 13.0 Å². The molecule has 2 fully saturated rings. The van der Waals surface area contributed by atoms with Crippen LogP contribution in [-0.4, -0.2) is 56.4 Å². The highest BCUT2D eigenvalue weighted by molar-refractivity contribution is 7.91. The van der Waals surface area contributed by atoms with Crippen LogP contribution in [-0.2, 0) is 14.6 Å². The first-order valence-electron chi connectivity index (χ1n) is 6.54. The Morgan fingerprint density at radius 3 is 2.79 bits per heavy atom. The third-order valence-electron chi connectivity index (χ3n) is 4.06. The number of amides is 1. The molecule has 0 saturated carbocycles. The molecule has 1 amide bonds. The molecule has 0 radical (unpaired) electrons. The lowest BCUT2D eigenvalue weighted by molar-refractivity contribution is -0.141. The van der Waals surface area contributed by atoms with Gasteiger partial charge >= 0.3 is 0 Å². The summed E-state index contributed by atoms with van der Waals surface area (Å²) in [6.45, 7) is 3.55. The maximum Gasteiger partial charge on any atom is 0.230 e. The monoisotopic (exact) mass is 284 g/mol. The first-order valence-corrected chi connectivity index (χ1v) is 8.36. The quantitative estimate of drug-likeness (QED) is 0.719. The SMILES string of the molecule is C#CCN(C(=O)C1(C)CCNC1)C1CCS(=O)(=O)C1. The molecule has 2 unspecified atom stereocenters. The molecule has 0 spiro atoms. The molecule has 19 heavy (non-hydrogen) atoms. The van der Waals surface area contributed by atoms with Crippen LogP contribution in [0.4, 0.5) is 0 Å². The maximum absolute atomic E-state index is 12.7. The number of hydrogen-bond acceptors (Lipinski definition) is 4. The van der Waals surface area contributed by atoms with E-state index < -0.39 is 15.3 Å². The summed E-state index contributed by atoms with van der Waals surface area (Å²) in [5, 5.41) is 3.18. The average molecular weight is 284 g/mol. The molecule has 2 rings (SSSR count). The van der Waals surface area contributed by atoms with Crippen molar-refractivity contribution in [1.82, 2.24) is 10.2 Å². The summed E-state index contributed by atoms with van der Waals surface area (Å²) < 4.78 is 23.1. The molecule has 6 heteroatoms. The fourth-order valence-corrected chi connectivity index (χ4v) is 4.56. The second kappa shape index (κ2) is 5.14. The van der Waals surface area contributed by atoms with E-state index in [1.165, 1.54) is 0 Å². The Hall–Kier alpha value is -1.06. The summed E-state index contributed by atoms with van der Waals surface area (Å²) in [7, 11) is -3.01. The Bertz CT molecular complexity index is 500. The molecule has 2 saturated heterocycles. The number of nitrogens with zero attached hydrogens (tertiary/aromatic N) is 1. The largest absolute Gasteiger partial charge is 0.327 e. The van der Waals surface area contributed by atoms with E-state index >= 15 is 0 Å². The lowest BCUT2D eigenvalue weighted by Crippen LogP contribution is -2.49. The van der Waals surface area contributed by atoms with Gasteiger partial charge in [-0.2, -0.15) is 0 Å². The summed E-state index contributed by atoms with van der Waals surface area (Å²) in [6.07, 6.45) is 6.60. The molecule has 0 aliphatic carbocycles. The van der Waals surface area contributed by atoms with Gasteiger partial charge in [0.25, 0.3) is 0 Å². The summed E-state index contributed by atoms with van der Waals surface area (Å²) in [4.78, 5) is 14.2. The van der Waals surface area contributed by atoms with E-state index in [9.17, 15) is 13.2 Å². The van der Waals surface area contributed by atoms with Crippen LogP contribution >= 0.6 is 0 Å². The highest BCUT2D eigenvalue weighted by Gasteiger charge is 2.43. The highest BCUT2D eigenvalue weighted by atomic mass is 32.2. The van der Waals surface area contributed by atoms with E-state index in [1.807, 2.05) is 6.92 Å². The van der Waals surface area contributed by atoms with Crippen LogP contribution in [0.3, 0.4) is 0 Å². The normalized spacial score (nSPS) is 32.9. The zero-order valence-electron chi connectivity index (χ0n) is 11.2. The third kappa shape index (κ3) is 2.93. The topological polar surface area (TPSA) is 66.5 Å². The molecule has 2 atom stereocenters. The van der Waals surface area contributed by atoms with Crippen molar-refractivity contribution in [3.8, 4) is 12.3 Å². The van der Waals surface area contributed by atoms with Gasteiger partial charge < -0.3 is 10.2 Å². The molecule has 2 aliphatic rings. The van der Waals surface area contributed by atoms with Gasteiger partial charge in [-0.1, -0.05) is 5.92 Å². The number of rotatable bonds is 3. The van der Waals surface area contributed by atoms with Crippen LogP contribution in [0, 0.1) is 17.8 Å². The minimum Gasteiger partial charge on any atom is -0.327 e. The summed E-state index contributed by atoms with van der Waals surface area (Å²) in [5.41, 5.74) is -0.455. The Morgan fingerprint density at radius 2 is 2.32 bits per heavy atom. The number of sulfone groups is 1. The van der Waals surface area contributed by atoms with Crippen LogP contribution in [0.25, 0.3) is 0 Å². The van der Waals surface area contributed by atoms with E-state index in [0.29, 0.717) is 13.0 Å². The van der Waals surface area contributed by atoms with Crippen LogP contribution in [0.1, 0.15) is 19.8 Å². The summed E-state index contributed by atoms with van der Waals surface area (Å²) >= 11 is 0. The van der Waals surface area contributed by atoms with E-state index in [2.05, 4.69) is 11.2 Å². The van der Waals surface area contributed by atoms with Crippen LogP contribution in [0.15, 0.2) is 0 Å². The van der Waals surface area contributed by atoms with Gasteiger partial charge in [0.15, 0.2) is 9.84 Å². The first kappa shape index (κ1) is 14.4.